The van der Waals surface area contributed by atoms with Crippen LogP contribution in [0.1, 0.15) is 22.3 Å². The van der Waals surface area contributed by atoms with E-state index < -0.39 is 0 Å². The van der Waals surface area contributed by atoms with E-state index in [0.717, 1.165) is 16.2 Å². The maximum atomic E-state index is 4.58. The van der Waals surface area contributed by atoms with Crippen LogP contribution in [0.25, 0.3) is 0 Å². The molecule has 0 aliphatic heterocycles. The Hall–Kier alpha value is -0.860. The fraction of sp³-hybridized carbons (Fsp3) is 0.200. The van der Waals surface area contributed by atoms with Crippen molar-refractivity contribution in [3.05, 3.63) is 58.7 Å². The summed E-state index contributed by atoms with van der Waals surface area (Å²) in [6.07, 6.45) is 0.890. The van der Waals surface area contributed by atoms with Crippen LogP contribution in [-0.2, 0) is 6.42 Å². The summed E-state index contributed by atoms with van der Waals surface area (Å²) in [5.74, 6) is 0. The SMILES string of the molecule is Cc1cccc(Cc2cccc(C)c2S)c1S. The predicted octanol–water partition coefficient (Wildman–Crippen LogP) is 4.47. The van der Waals surface area contributed by atoms with E-state index in [0.29, 0.717) is 0 Å². The molecule has 17 heavy (non-hydrogen) atoms. The lowest BCUT2D eigenvalue weighted by atomic mass is 10.0. The smallest absolute Gasteiger partial charge is 0.0105 e. The second kappa shape index (κ2) is 5.19. The largest absolute Gasteiger partial charge is 0.143 e. The number of hydrogen-bond acceptors (Lipinski definition) is 2. The Labute approximate surface area is 114 Å². The third kappa shape index (κ3) is 2.70. The Balaban J connectivity index is 2.38. The number of hydrogen-bond donors (Lipinski definition) is 2. The van der Waals surface area contributed by atoms with Crippen molar-refractivity contribution in [2.45, 2.75) is 30.1 Å². The van der Waals surface area contributed by atoms with Crippen molar-refractivity contribution >= 4 is 25.3 Å². The van der Waals surface area contributed by atoms with E-state index in [1.54, 1.807) is 0 Å². The third-order valence-corrected chi connectivity index (χ3v) is 4.30. The van der Waals surface area contributed by atoms with Gasteiger partial charge in [0.1, 0.15) is 0 Å². The second-order valence-electron chi connectivity index (χ2n) is 4.34. The van der Waals surface area contributed by atoms with Crippen LogP contribution >= 0.6 is 25.3 Å². The first-order valence-corrected chi connectivity index (χ1v) is 6.54. The summed E-state index contributed by atoms with van der Waals surface area (Å²) in [5, 5.41) is 0. The van der Waals surface area contributed by atoms with Crippen molar-refractivity contribution in [1.29, 1.82) is 0 Å². The first-order chi connectivity index (χ1) is 8.09. The molecule has 0 spiro atoms. The molecule has 0 atom stereocenters. The van der Waals surface area contributed by atoms with Gasteiger partial charge in [-0.3, -0.25) is 0 Å². The van der Waals surface area contributed by atoms with Crippen LogP contribution in [0.5, 0.6) is 0 Å². The molecule has 0 nitrogen and oxygen atoms in total. The van der Waals surface area contributed by atoms with Crippen LogP contribution < -0.4 is 0 Å². The van der Waals surface area contributed by atoms with Gasteiger partial charge in [0, 0.05) is 9.79 Å². The average molecular weight is 260 g/mol. The summed E-state index contributed by atoms with van der Waals surface area (Å²) in [7, 11) is 0. The van der Waals surface area contributed by atoms with Gasteiger partial charge in [-0.05, 0) is 42.5 Å². The fourth-order valence-electron chi connectivity index (χ4n) is 1.93. The van der Waals surface area contributed by atoms with Crippen LogP contribution in [0, 0.1) is 13.8 Å². The van der Waals surface area contributed by atoms with Crippen molar-refractivity contribution in [2.75, 3.05) is 0 Å². The van der Waals surface area contributed by atoms with E-state index in [4.69, 9.17) is 0 Å². The van der Waals surface area contributed by atoms with Gasteiger partial charge in [-0.15, -0.1) is 25.3 Å². The molecule has 2 aromatic carbocycles. The molecule has 0 aromatic heterocycles. The molecule has 0 unspecified atom stereocenters. The molecule has 2 rings (SSSR count). The molecule has 0 radical (unpaired) electrons. The molecule has 0 aliphatic rings. The maximum absolute atomic E-state index is 4.58. The van der Waals surface area contributed by atoms with E-state index in [-0.39, 0.29) is 0 Å². The Morgan fingerprint density at radius 1 is 0.765 bits per heavy atom. The highest BCUT2D eigenvalue weighted by molar-refractivity contribution is 7.80. The van der Waals surface area contributed by atoms with Gasteiger partial charge >= 0.3 is 0 Å². The van der Waals surface area contributed by atoms with E-state index in [1.165, 1.54) is 22.3 Å². The van der Waals surface area contributed by atoms with E-state index in [9.17, 15) is 0 Å². The fourth-order valence-corrected chi connectivity index (χ4v) is 2.39. The highest BCUT2D eigenvalue weighted by atomic mass is 32.1. The Morgan fingerprint density at radius 3 is 1.59 bits per heavy atom. The van der Waals surface area contributed by atoms with Gasteiger partial charge in [0.15, 0.2) is 0 Å². The van der Waals surface area contributed by atoms with Crippen LogP contribution in [0.2, 0.25) is 0 Å². The lowest BCUT2D eigenvalue weighted by Gasteiger charge is -2.11. The van der Waals surface area contributed by atoms with Gasteiger partial charge in [0.2, 0.25) is 0 Å². The monoisotopic (exact) mass is 260 g/mol. The number of aryl methyl sites for hydroxylation is 2. The average Bonchev–Trinajstić information content (AvgIpc) is 2.31. The summed E-state index contributed by atoms with van der Waals surface area (Å²) in [6, 6.07) is 12.6. The quantitative estimate of drug-likeness (QED) is 0.731. The molecule has 0 heterocycles. The van der Waals surface area contributed by atoms with E-state index in [1.807, 2.05) is 0 Å². The minimum atomic E-state index is 0.890. The van der Waals surface area contributed by atoms with Crippen molar-refractivity contribution in [2.24, 2.45) is 0 Å². The summed E-state index contributed by atoms with van der Waals surface area (Å²) in [6.45, 7) is 4.17. The van der Waals surface area contributed by atoms with Crippen LogP contribution in [0.15, 0.2) is 46.2 Å². The van der Waals surface area contributed by atoms with Gasteiger partial charge in [-0.1, -0.05) is 36.4 Å². The lowest BCUT2D eigenvalue weighted by Crippen LogP contribution is -1.94. The minimum Gasteiger partial charge on any atom is -0.143 e. The first kappa shape index (κ1) is 12.6. The molecule has 2 heteroatoms. The highest BCUT2D eigenvalue weighted by Gasteiger charge is 2.06. The molecule has 88 valence electrons. The molecule has 0 bridgehead atoms. The van der Waals surface area contributed by atoms with Gasteiger partial charge in [0.05, 0.1) is 0 Å². The van der Waals surface area contributed by atoms with E-state index >= 15 is 0 Å². The summed E-state index contributed by atoms with van der Waals surface area (Å²) in [5.41, 5.74) is 4.96. The van der Waals surface area contributed by atoms with Crippen molar-refractivity contribution in [3.8, 4) is 0 Å². The molecule has 0 amide bonds. The highest BCUT2D eigenvalue weighted by Crippen LogP contribution is 2.25. The molecule has 0 N–H and O–H groups in total. The molecular weight excluding hydrogens is 244 g/mol. The molecular formula is C15H16S2. The molecule has 0 aliphatic carbocycles. The van der Waals surface area contributed by atoms with Gasteiger partial charge in [0.25, 0.3) is 0 Å². The second-order valence-corrected chi connectivity index (χ2v) is 5.24. The van der Waals surface area contributed by atoms with Crippen molar-refractivity contribution < 1.29 is 0 Å². The first-order valence-electron chi connectivity index (χ1n) is 5.64. The van der Waals surface area contributed by atoms with E-state index in [2.05, 4.69) is 75.5 Å². The molecule has 0 saturated carbocycles. The number of thiol groups is 2. The van der Waals surface area contributed by atoms with Crippen LogP contribution in [0.3, 0.4) is 0 Å². The molecule has 2 aromatic rings. The van der Waals surface area contributed by atoms with Crippen molar-refractivity contribution in [1.82, 2.24) is 0 Å². The number of benzene rings is 2. The lowest BCUT2D eigenvalue weighted by molar-refractivity contribution is 1.06. The summed E-state index contributed by atoms with van der Waals surface area (Å²) >= 11 is 9.15. The zero-order valence-corrected chi connectivity index (χ0v) is 11.9. The molecule has 0 saturated heterocycles. The third-order valence-electron chi connectivity index (χ3n) is 3.02. The van der Waals surface area contributed by atoms with Crippen molar-refractivity contribution in [3.63, 3.8) is 0 Å². The number of rotatable bonds is 2. The Kier molecular flexibility index (Phi) is 3.85. The Morgan fingerprint density at radius 2 is 1.18 bits per heavy atom. The molecule has 0 fully saturated rings. The maximum Gasteiger partial charge on any atom is 0.0105 e. The van der Waals surface area contributed by atoms with Gasteiger partial charge < -0.3 is 0 Å². The van der Waals surface area contributed by atoms with Crippen LogP contribution in [0.4, 0.5) is 0 Å². The van der Waals surface area contributed by atoms with Gasteiger partial charge in [-0.2, -0.15) is 0 Å². The zero-order valence-electron chi connectivity index (χ0n) is 10.1. The normalized spacial score (nSPS) is 10.6. The summed E-state index contributed by atoms with van der Waals surface area (Å²) < 4.78 is 0. The Bertz CT molecular complexity index is 495. The predicted molar refractivity (Wildman–Crippen MR) is 79.7 cm³/mol. The minimum absolute atomic E-state index is 0.890. The van der Waals surface area contributed by atoms with Gasteiger partial charge in [-0.25, -0.2) is 0 Å². The zero-order chi connectivity index (χ0) is 12.4. The van der Waals surface area contributed by atoms with Crippen LogP contribution in [-0.4, -0.2) is 0 Å². The summed E-state index contributed by atoms with van der Waals surface area (Å²) in [4.78, 5) is 2.17. The standard InChI is InChI=1S/C15H16S2/c1-10-5-3-7-12(14(10)16)9-13-8-4-6-11(2)15(13)17/h3-8,16-17H,9H2,1-2H3. The topological polar surface area (TPSA) is 0 Å².